The Morgan fingerprint density at radius 1 is 1.12 bits per heavy atom. The molecule has 0 radical (unpaired) electrons. The van der Waals surface area contributed by atoms with E-state index in [4.69, 9.17) is 17.3 Å². The topological polar surface area (TPSA) is 27.2 Å². The Hall–Kier alpha value is -1.46. The summed E-state index contributed by atoms with van der Waals surface area (Å²) in [5.41, 5.74) is 1.29. The van der Waals surface area contributed by atoms with E-state index in [-0.39, 0.29) is 0 Å². The summed E-state index contributed by atoms with van der Waals surface area (Å²) in [6, 6.07) is 11.4. The average molecular weight is 358 g/mol. The van der Waals surface area contributed by atoms with Gasteiger partial charge in [-0.1, -0.05) is 36.8 Å². The number of hydrogen-bond donors (Lipinski definition) is 1. The third-order valence-electron chi connectivity index (χ3n) is 6.20. The maximum atomic E-state index is 5.70. The van der Waals surface area contributed by atoms with Crippen molar-refractivity contribution < 1.29 is 4.90 Å². The Morgan fingerprint density at radius 3 is 2.72 bits per heavy atom. The summed E-state index contributed by atoms with van der Waals surface area (Å²) >= 11 is 5.70. The number of fused-ring (bicyclic) bond motifs is 1. The Morgan fingerprint density at radius 2 is 1.88 bits per heavy atom. The van der Waals surface area contributed by atoms with Gasteiger partial charge in [-0.15, -0.1) is 0 Å². The molecule has 0 bridgehead atoms. The Labute approximate surface area is 155 Å². The highest BCUT2D eigenvalue weighted by molar-refractivity contribution is 7.71. The van der Waals surface area contributed by atoms with Gasteiger partial charge in [0.2, 0.25) is 4.77 Å². The zero-order valence-corrected chi connectivity index (χ0v) is 16.0. The molecule has 25 heavy (non-hydrogen) atoms. The van der Waals surface area contributed by atoms with Crippen LogP contribution in [0, 0.1) is 10.7 Å². The molecule has 1 aliphatic carbocycles. The molecule has 1 aromatic carbocycles. The Balaban J connectivity index is 1.52. The van der Waals surface area contributed by atoms with Crippen LogP contribution in [0.2, 0.25) is 0 Å². The van der Waals surface area contributed by atoms with Crippen LogP contribution >= 0.6 is 12.2 Å². The fraction of sp³-hybridized carbons (Fsp3) is 0.600. The minimum Gasteiger partial charge on any atom is -0.314 e. The van der Waals surface area contributed by atoms with Crippen molar-refractivity contribution in [2.24, 2.45) is 13.0 Å². The van der Waals surface area contributed by atoms with Crippen LogP contribution in [0.25, 0.3) is 0 Å². The summed E-state index contributed by atoms with van der Waals surface area (Å²) in [6.07, 6.45) is 9.28. The van der Waals surface area contributed by atoms with Crippen molar-refractivity contribution in [2.75, 3.05) is 6.54 Å². The molecule has 3 atom stereocenters. The van der Waals surface area contributed by atoms with Gasteiger partial charge in [0.1, 0.15) is 5.82 Å². The minimum absolute atomic E-state index is 0.823. The third-order valence-corrected chi connectivity index (χ3v) is 6.68. The zero-order valence-electron chi connectivity index (χ0n) is 15.2. The fourth-order valence-electron chi connectivity index (χ4n) is 4.82. The predicted molar refractivity (Wildman–Crippen MR) is 102 cm³/mol. The molecule has 4 rings (SSSR count). The van der Waals surface area contributed by atoms with Gasteiger partial charge in [0.05, 0.1) is 12.6 Å². The monoisotopic (exact) mass is 357 g/mol. The van der Waals surface area contributed by atoms with Gasteiger partial charge < -0.3 is 9.47 Å². The molecule has 4 nitrogen and oxygen atoms in total. The highest BCUT2D eigenvalue weighted by atomic mass is 32.1. The predicted octanol–water partition coefficient (Wildman–Crippen LogP) is 2.74. The van der Waals surface area contributed by atoms with Gasteiger partial charge in [0, 0.05) is 19.4 Å². The first kappa shape index (κ1) is 17.0. The molecule has 1 aromatic heterocycles. The maximum Gasteiger partial charge on any atom is 0.202 e. The molecule has 1 unspecified atom stereocenters. The number of rotatable bonds is 4. The number of hydrogen-bond acceptors (Lipinski definition) is 2. The first-order chi connectivity index (χ1) is 12.2. The number of likely N-dealkylation sites (tertiary alicyclic amines) is 1. The highest BCUT2D eigenvalue weighted by Gasteiger charge is 2.36. The van der Waals surface area contributed by atoms with Crippen LogP contribution in [-0.2, 0) is 20.1 Å². The molecule has 0 amide bonds. The minimum atomic E-state index is 0.823. The number of aromatic nitrogens is 3. The highest BCUT2D eigenvalue weighted by Crippen LogP contribution is 2.28. The van der Waals surface area contributed by atoms with Crippen LogP contribution in [-0.4, -0.2) is 26.9 Å². The van der Waals surface area contributed by atoms with Crippen molar-refractivity contribution in [3.8, 4) is 0 Å². The molecule has 134 valence electrons. The second kappa shape index (κ2) is 7.42. The van der Waals surface area contributed by atoms with E-state index in [9.17, 15) is 0 Å². The van der Waals surface area contributed by atoms with E-state index >= 15 is 0 Å². The van der Waals surface area contributed by atoms with Crippen molar-refractivity contribution in [1.29, 1.82) is 0 Å². The van der Waals surface area contributed by atoms with Crippen molar-refractivity contribution in [3.05, 3.63) is 46.5 Å². The molecule has 5 heteroatoms. The molecule has 2 fully saturated rings. The maximum absolute atomic E-state index is 5.70. The van der Waals surface area contributed by atoms with Crippen molar-refractivity contribution in [2.45, 2.75) is 57.7 Å². The van der Waals surface area contributed by atoms with Crippen LogP contribution in [0.5, 0.6) is 0 Å². The second-order valence-electron chi connectivity index (χ2n) is 7.78. The van der Waals surface area contributed by atoms with E-state index in [2.05, 4.69) is 46.6 Å². The van der Waals surface area contributed by atoms with E-state index in [1.54, 1.807) is 4.90 Å². The van der Waals surface area contributed by atoms with E-state index in [1.165, 1.54) is 50.6 Å². The molecule has 0 spiro atoms. The number of benzene rings is 1. The molecule has 2 aliphatic rings. The van der Waals surface area contributed by atoms with Gasteiger partial charge in [-0.05, 0) is 49.9 Å². The lowest BCUT2D eigenvalue weighted by molar-refractivity contribution is -0.958. The van der Waals surface area contributed by atoms with E-state index in [0.717, 1.165) is 35.6 Å². The number of nitrogens with one attached hydrogen (secondary N) is 1. The third kappa shape index (κ3) is 3.58. The summed E-state index contributed by atoms with van der Waals surface area (Å²) < 4.78 is 5.03. The summed E-state index contributed by atoms with van der Waals surface area (Å²) in [4.78, 5) is 1.71. The molecule has 2 aromatic rings. The van der Waals surface area contributed by atoms with Crippen LogP contribution in [0.3, 0.4) is 0 Å². The molecular formula is C20H29N4S+. The average Bonchev–Trinajstić information content (AvgIpc) is 2.91. The van der Waals surface area contributed by atoms with Crippen LogP contribution < -0.4 is 4.90 Å². The Kier molecular flexibility index (Phi) is 5.04. The standard InChI is InChI=1S/C20H28N4S/c1-22-19(14-16-8-3-2-4-9-16)21-24(20(22)25)15-23-13-7-11-17-10-5-6-12-18(17)23/h2-4,8-9,17-18H,5-7,10-15H2,1H3/p+1/t17-,18-/m0/s1. The fourth-order valence-corrected chi connectivity index (χ4v) is 5.03. The number of nitrogens with zero attached hydrogens (tertiary/aromatic N) is 3. The van der Waals surface area contributed by atoms with E-state index in [1.807, 2.05) is 0 Å². The lowest BCUT2D eigenvalue weighted by Crippen LogP contribution is -3.17. The lowest BCUT2D eigenvalue weighted by Gasteiger charge is -2.40. The molecule has 1 saturated heterocycles. The number of quaternary nitrogens is 1. The normalized spacial score (nSPS) is 26.4. The van der Waals surface area contributed by atoms with Gasteiger partial charge in [0.25, 0.3) is 0 Å². The molecule has 1 saturated carbocycles. The smallest absolute Gasteiger partial charge is 0.202 e. The van der Waals surface area contributed by atoms with E-state index < -0.39 is 0 Å². The molecule has 2 heterocycles. The van der Waals surface area contributed by atoms with Crippen molar-refractivity contribution in [1.82, 2.24) is 14.3 Å². The SMILES string of the molecule is Cn1c(Cc2ccccc2)nn(C[NH+]2CCC[C@@H]3CCCC[C@@H]32)c1=S. The largest absolute Gasteiger partial charge is 0.314 e. The lowest BCUT2D eigenvalue weighted by atomic mass is 9.78. The van der Waals surface area contributed by atoms with Crippen molar-refractivity contribution in [3.63, 3.8) is 0 Å². The van der Waals surface area contributed by atoms with E-state index in [0.29, 0.717) is 0 Å². The molecule has 1 aliphatic heterocycles. The van der Waals surface area contributed by atoms with Gasteiger partial charge >= 0.3 is 0 Å². The first-order valence-electron chi connectivity index (χ1n) is 9.73. The van der Waals surface area contributed by atoms with Crippen LogP contribution in [0.15, 0.2) is 30.3 Å². The summed E-state index contributed by atoms with van der Waals surface area (Å²) in [6.45, 7) is 2.20. The molecule has 1 N–H and O–H groups in total. The van der Waals surface area contributed by atoms with Gasteiger partial charge in [-0.3, -0.25) is 0 Å². The first-order valence-corrected chi connectivity index (χ1v) is 10.1. The summed E-state index contributed by atoms with van der Waals surface area (Å²) in [5, 5.41) is 4.89. The Bertz CT molecular complexity index is 762. The van der Waals surface area contributed by atoms with Crippen LogP contribution in [0.4, 0.5) is 0 Å². The second-order valence-corrected chi connectivity index (χ2v) is 8.14. The summed E-state index contributed by atoms with van der Waals surface area (Å²) in [5.74, 6) is 1.99. The summed E-state index contributed by atoms with van der Waals surface area (Å²) in [7, 11) is 2.05. The van der Waals surface area contributed by atoms with Gasteiger partial charge in [-0.25, -0.2) is 0 Å². The van der Waals surface area contributed by atoms with Gasteiger partial charge in [-0.2, -0.15) is 9.78 Å². The van der Waals surface area contributed by atoms with Gasteiger partial charge in [0.15, 0.2) is 6.67 Å². The number of piperidine rings is 1. The quantitative estimate of drug-likeness (QED) is 0.852. The van der Waals surface area contributed by atoms with Crippen molar-refractivity contribution >= 4 is 12.2 Å². The zero-order chi connectivity index (χ0) is 17.2. The molecular weight excluding hydrogens is 328 g/mol. The van der Waals surface area contributed by atoms with Crippen LogP contribution in [0.1, 0.15) is 49.9 Å².